The molecule has 3 aromatic heterocycles. The Morgan fingerprint density at radius 3 is 1.57 bits per heavy atom. The number of fused-ring (bicyclic) bond motifs is 12. The van der Waals surface area contributed by atoms with E-state index in [2.05, 4.69) is 108 Å². The van der Waals surface area contributed by atoms with E-state index in [-0.39, 0.29) is 0 Å². The lowest BCUT2D eigenvalue weighted by Crippen LogP contribution is -1.93. The van der Waals surface area contributed by atoms with Crippen LogP contribution in [-0.2, 0) is 0 Å². The SMILES string of the molecule is c1ccc2c(c1)oc1ccc3c(ccc4oc5ccc(-n6c7ccccc7c7ccccc76)cc5c43)c12. The standard InChI is InChI=1S/C34H19NO2/c1-4-10-27-21(7-1)22-8-2-5-11-28(22)35(27)20-13-16-30-26(19-20)34-24-15-17-31-33(23(24)14-18-32(34)37-30)25-9-3-6-12-29(25)36-31/h1-19H. The summed E-state index contributed by atoms with van der Waals surface area (Å²) in [5, 5.41) is 9.43. The van der Waals surface area contributed by atoms with Crippen LogP contribution >= 0.6 is 0 Å². The maximum absolute atomic E-state index is 6.36. The van der Waals surface area contributed by atoms with Crippen LogP contribution in [-0.4, -0.2) is 4.57 Å². The molecule has 6 aromatic carbocycles. The van der Waals surface area contributed by atoms with Gasteiger partial charge in [-0.2, -0.15) is 0 Å². The van der Waals surface area contributed by atoms with E-state index in [1.165, 1.54) is 32.6 Å². The van der Waals surface area contributed by atoms with Gasteiger partial charge in [0.25, 0.3) is 0 Å². The molecule has 0 aliphatic carbocycles. The first-order valence-corrected chi connectivity index (χ1v) is 12.5. The number of nitrogens with zero attached hydrogens (tertiary/aromatic N) is 1. The number of hydrogen-bond donors (Lipinski definition) is 0. The molecule has 0 radical (unpaired) electrons. The van der Waals surface area contributed by atoms with E-state index in [0.717, 1.165) is 49.6 Å². The monoisotopic (exact) mass is 473 g/mol. The zero-order valence-electron chi connectivity index (χ0n) is 19.7. The number of para-hydroxylation sites is 3. The van der Waals surface area contributed by atoms with Crippen LogP contribution in [0.15, 0.2) is 124 Å². The average molecular weight is 474 g/mol. The fraction of sp³-hybridized carbons (Fsp3) is 0. The van der Waals surface area contributed by atoms with Gasteiger partial charge in [0, 0.05) is 38.0 Å². The summed E-state index contributed by atoms with van der Waals surface area (Å²) in [5.41, 5.74) is 7.14. The molecule has 9 rings (SSSR count). The van der Waals surface area contributed by atoms with Crippen molar-refractivity contribution in [3.05, 3.63) is 115 Å². The summed E-state index contributed by atoms with van der Waals surface area (Å²) >= 11 is 0. The zero-order valence-corrected chi connectivity index (χ0v) is 19.7. The van der Waals surface area contributed by atoms with Crippen molar-refractivity contribution in [1.82, 2.24) is 4.57 Å². The topological polar surface area (TPSA) is 31.2 Å². The van der Waals surface area contributed by atoms with E-state index in [0.29, 0.717) is 0 Å². The first-order chi connectivity index (χ1) is 18.3. The van der Waals surface area contributed by atoms with E-state index in [1.807, 2.05) is 12.1 Å². The number of benzene rings is 6. The molecule has 0 amide bonds. The van der Waals surface area contributed by atoms with Gasteiger partial charge < -0.3 is 13.4 Å². The largest absolute Gasteiger partial charge is 0.456 e. The predicted molar refractivity (Wildman–Crippen MR) is 153 cm³/mol. The average Bonchev–Trinajstić information content (AvgIpc) is 3.62. The third-order valence-electron chi connectivity index (χ3n) is 7.79. The Balaban J connectivity index is 1.41. The van der Waals surface area contributed by atoms with E-state index < -0.39 is 0 Å². The number of aromatic nitrogens is 1. The molecule has 0 saturated carbocycles. The van der Waals surface area contributed by atoms with Crippen molar-refractivity contribution in [2.45, 2.75) is 0 Å². The summed E-state index contributed by atoms with van der Waals surface area (Å²) in [7, 11) is 0. The number of hydrogen-bond acceptors (Lipinski definition) is 2. The summed E-state index contributed by atoms with van der Waals surface area (Å²) in [5.74, 6) is 0. The fourth-order valence-electron chi connectivity index (χ4n) is 6.23. The van der Waals surface area contributed by atoms with Crippen LogP contribution in [0.3, 0.4) is 0 Å². The molecule has 0 fully saturated rings. The maximum atomic E-state index is 6.36. The van der Waals surface area contributed by atoms with Gasteiger partial charge in [0.2, 0.25) is 0 Å². The van der Waals surface area contributed by atoms with Gasteiger partial charge in [0.05, 0.1) is 11.0 Å². The highest BCUT2D eigenvalue weighted by molar-refractivity contribution is 6.27. The summed E-state index contributed by atoms with van der Waals surface area (Å²) in [6.07, 6.45) is 0. The lowest BCUT2D eigenvalue weighted by Gasteiger charge is -2.08. The van der Waals surface area contributed by atoms with Crippen LogP contribution in [0, 0.1) is 0 Å². The smallest absolute Gasteiger partial charge is 0.136 e. The third kappa shape index (κ3) is 2.45. The molecule has 3 nitrogen and oxygen atoms in total. The second-order valence-corrected chi connectivity index (χ2v) is 9.72. The second kappa shape index (κ2) is 6.80. The number of furan rings is 2. The molecule has 0 atom stereocenters. The molecule has 0 unspecified atom stereocenters. The van der Waals surface area contributed by atoms with Crippen molar-refractivity contribution in [3.8, 4) is 5.69 Å². The molecule has 3 heteroatoms. The minimum absolute atomic E-state index is 0.893. The second-order valence-electron chi connectivity index (χ2n) is 9.72. The van der Waals surface area contributed by atoms with E-state index >= 15 is 0 Å². The Morgan fingerprint density at radius 2 is 0.892 bits per heavy atom. The minimum Gasteiger partial charge on any atom is -0.456 e. The zero-order chi connectivity index (χ0) is 24.1. The van der Waals surface area contributed by atoms with Crippen molar-refractivity contribution in [2.75, 3.05) is 0 Å². The molecule has 37 heavy (non-hydrogen) atoms. The summed E-state index contributed by atoms with van der Waals surface area (Å²) in [6, 6.07) is 40.6. The Kier molecular flexibility index (Phi) is 3.53. The molecule has 9 aromatic rings. The van der Waals surface area contributed by atoms with Gasteiger partial charge in [-0.15, -0.1) is 0 Å². The maximum Gasteiger partial charge on any atom is 0.136 e. The highest BCUT2D eigenvalue weighted by Gasteiger charge is 2.17. The number of rotatable bonds is 1. The molecule has 3 heterocycles. The van der Waals surface area contributed by atoms with Gasteiger partial charge in [0.15, 0.2) is 0 Å². The van der Waals surface area contributed by atoms with E-state index in [4.69, 9.17) is 8.83 Å². The third-order valence-corrected chi connectivity index (χ3v) is 7.79. The normalized spacial score (nSPS) is 12.3. The van der Waals surface area contributed by atoms with Crippen LogP contribution in [0.1, 0.15) is 0 Å². The van der Waals surface area contributed by atoms with Crippen LogP contribution < -0.4 is 0 Å². The van der Waals surface area contributed by atoms with Crippen LogP contribution in [0.4, 0.5) is 0 Å². The Hall–Kier alpha value is -5.02. The van der Waals surface area contributed by atoms with Crippen LogP contribution in [0.25, 0.3) is 82.1 Å². The Morgan fingerprint density at radius 1 is 0.378 bits per heavy atom. The molecule has 0 N–H and O–H groups in total. The fourth-order valence-corrected chi connectivity index (χ4v) is 6.23. The first-order valence-electron chi connectivity index (χ1n) is 12.5. The highest BCUT2D eigenvalue weighted by atomic mass is 16.3. The van der Waals surface area contributed by atoms with Gasteiger partial charge in [0.1, 0.15) is 22.3 Å². The van der Waals surface area contributed by atoms with Crippen LogP contribution in [0.2, 0.25) is 0 Å². The van der Waals surface area contributed by atoms with Gasteiger partial charge in [-0.25, -0.2) is 0 Å². The quantitative estimate of drug-likeness (QED) is 0.238. The summed E-state index contributed by atoms with van der Waals surface area (Å²) in [6.45, 7) is 0. The van der Waals surface area contributed by atoms with Gasteiger partial charge in [-0.3, -0.25) is 0 Å². The predicted octanol–water partition coefficient (Wildman–Crippen LogP) is 9.74. The van der Waals surface area contributed by atoms with Gasteiger partial charge in [-0.05, 0) is 71.4 Å². The summed E-state index contributed by atoms with van der Waals surface area (Å²) < 4.78 is 14.9. The van der Waals surface area contributed by atoms with Crippen molar-refractivity contribution in [2.24, 2.45) is 0 Å². The Labute approximate surface area is 210 Å². The van der Waals surface area contributed by atoms with Crippen molar-refractivity contribution in [1.29, 1.82) is 0 Å². The molecule has 0 bridgehead atoms. The molecule has 172 valence electrons. The Bertz CT molecular complexity index is 2310. The van der Waals surface area contributed by atoms with E-state index in [1.54, 1.807) is 0 Å². The van der Waals surface area contributed by atoms with Gasteiger partial charge >= 0.3 is 0 Å². The molecular weight excluding hydrogens is 454 g/mol. The molecule has 0 saturated heterocycles. The van der Waals surface area contributed by atoms with Gasteiger partial charge in [-0.1, -0.05) is 54.6 Å². The van der Waals surface area contributed by atoms with Crippen molar-refractivity contribution < 1.29 is 8.83 Å². The minimum atomic E-state index is 0.893. The van der Waals surface area contributed by atoms with Crippen molar-refractivity contribution >= 4 is 76.5 Å². The molecule has 0 aliphatic rings. The highest BCUT2D eigenvalue weighted by Crippen LogP contribution is 2.41. The molecular formula is C34H19NO2. The molecule has 0 spiro atoms. The lowest BCUT2D eigenvalue weighted by molar-refractivity contribution is 0.668. The summed E-state index contributed by atoms with van der Waals surface area (Å²) in [4.78, 5) is 0. The lowest BCUT2D eigenvalue weighted by atomic mass is 9.99. The van der Waals surface area contributed by atoms with Crippen molar-refractivity contribution in [3.63, 3.8) is 0 Å². The molecule has 0 aliphatic heterocycles. The first kappa shape index (κ1) is 19.2. The van der Waals surface area contributed by atoms with E-state index in [9.17, 15) is 0 Å². The van der Waals surface area contributed by atoms with Crippen LogP contribution in [0.5, 0.6) is 0 Å².